The summed E-state index contributed by atoms with van der Waals surface area (Å²) in [5.74, 6) is 1.49. The minimum atomic E-state index is -0.249. The van der Waals surface area contributed by atoms with E-state index in [1.54, 1.807) is 24.3 Å². The number of rotatable bonds is 6. The molecule has 1 aromatic carbocycles. The molecule has 0 aliphatic rings. The fourth-order valence-corrected chi connectivity index (χ4v) is 2.31. The Balaban J connectivity index is 2.24. The van der Waals surface area contributed by atoms with Crippen molar-refractivity contribution in [3.63, 3.8) is 0 Å². The lowest BCUT2D eigenvalue weighted by atomic mass is 10.2. The van der Waals surface area contributed by atoms with Gasteiger partial charge in [-0.15, -0.1) is 0 Å². The zero-order valence-electron chi connectivity index (χ0n) is 13.4. The summed E-state index contributed by atoms with van der Waals surface area (Å²) in [5.41, 5.74) is 1.35. The van der Waals surface area contributed by atoms with Gasteiger partial charge in [-0.3, -0.25) is 4.79 Å². The fourth-order valence-electron chi connectivity index (χ4n) is 2.00. The maximum atomic E-state index is 12.5. The van der Waals surface area contributed by atoms with Crippen LogP contribution in [0.3, 0.4) is 0 Å². The van der Waals surface area contributed by atoms with Gasteiger partial charge in [0.1, 0.15) is 17.3 Å². The van der Waals surface area contributed by atoms with Crippen LogP contribution < -0.4 is 14.8 Å². The molecule has 1 amide bonds. The summed E-state index contributed by atoms with van der Waals surface area (Å²) in [7, 11) is 0. The standard InChI is InChI=1S/C17H19IN2O3/c1-4-22-13-8-12(9-14(10-13)23-5-2)17(21)20-16-7-6-15(18)11(3)19-16/h6-10H,4-5H2,1-3H3,(H,19,20,21). The molecule has 0 radical (unpaired) electrons. The number of aromatic nitrogens is 1. The number of hydrogen-bond acceptors (Lipinski definition) is 4. The molecule has 2 rings (SSSR count). The third-order valence-corrected chi connectivity index (χ3v) is 4.17. The number of anilines is 1. The second-order valence-electron chi connectivity index (χ2n) is 4.78. The second-order valence-corrected chi connectivity index (χ2v) is 5.94. The largest absolute Gasteiger partial charge is 0.494 e. The summed E-state index contributed by atoms with van der Waals surface area (Å²) in [6.07, 6.45) is 0. The average molecular weight is 426 g/mol. The fraction of sp³-hybridized carbons (Fsp3) is 0.294. The van der Waals surface area contributed by atoms with E-state index in [2.05, 4.69) is 32.9 Å². The summed E-state index contributed by atoms with van der Waals surface area (Å²) in [6.45, 7) is 6.74. The highest BCUT2D eigenvalue weighted by Crippen LogP contribution is 2.24. The number of carbonyl (C=O) groups excluding carboxylic acids is 1. The quantitative estimate of drug-likeness (QED) is 0.709. The normalized spacial score (nSPS) is 10.3. The molecule has 0 unspecified atom stereocenters. The minimum Gasteiger partial charge on any atom is -0.494 e. The summed E-state index contributed by atoms with van der Waals surface area (Å²) in [4.78, 5) is 16.8. The highest BCUT2D eigenvalue weighted by Gasteiger charge is 2.12. The van der Waals surface area contributed by atoms with E-state index in [9.17, 15) is 4.79 Å². The second kappa shape index (κ2) is 8.14. The molecule has 1 heterocycles. The molecule has 0 spiro atoms. The van der Waals surface area contributed by atoms with Crippen molar-refractivity contribution >= 4 is 34.3 Å². The Morgan fingerprint density at radius 3 is 2.26 bits per heavy atom. The lowest BCUT2D eigenvalue weighted by Gasteiger charge is -2.11. The molecular formula is C17H19IN2O3. The van der Waals surface area contributed by atoms with Crippen LogP contribution in [0.25, 0.3) is 0 Å². The van der Waals surface area contributed by atoms with Crippen LogP contribution in [0.5, 0.6) is 11.5 Å². The third kappa shape index (κ3) is 4.82. The first-order chi connectivity index (χ1) is 11.0. The summed E-state index contributed by atoms with van der Waals surface area (Å²) >= 11 is 2.20. The molecule has 0 bridgehead atoms. The summed E-state index contributed by atoms with van der Waals surface area (Å²) in [5, 5.41) is 2.80. The molecule has 0 aliphatic heterocycles. The predicted octanol–water partition coefficient (Wildman–Crippen LogP) is 4.04. The smallest absolute Gasteiger partial charge is 0.257 e. The topological polar surface area (TPSA) is 60.5 Å². The number of amides is 1. The van der Waals surface area contributed by atoms with E-state index in [0.717, 1.165) is 9.26 Å². The Kier molecular flexibility index (Phi) is 6.20. The van der Waals surface area contributed by atoms with Gasteiger partial charge in [-0.2, -0.15) is 0 Å². The van der Waals surface area contributed by atoms with Crippen molar-refractivity contribution in [1.29, 1.82) is 0 Å². The van der Waals surface area contributed by atoms with Gasteiger partial charge in [-0.05, 0) is 67.6 Å². The zero-order chi connectivity index (χ0) is 16.8. The number of hydrogen-bond donors (Lipinski definition) is 1. The predicted molar refractivity (Wildman–Crippen MR) is 98.4 cm³/mol. The van der Waals surface area contributed by atoms with Crippen molar-refractivity contribution in [2.75, 3.05) is 18.5 Å². The Labute approximate surface area is 149 Å². The Hall–Kier alpha value is -1.83. The maximum absolute atomic E-state index is 12.5. The van der Waals surface area contributed by atoms with Crippen LogP contribution in [0.2, 0.25) is 0 Å². The van der Waals surface area contributed by atoms with E-state index in [0.29, 0.717) is 36.1 Å². The van der Waals surface area contributed by atoms with Crippen molar-refractivity contribution in [3.8, 4) is 11.5 Å². The van der Waals surface area contributed by atoms with Crippen molar-refractivity contribution in [1.82, 2.24) is 4.98 Å². The lowest BCUT2D eigenvalue weighted by molar-refractivity contribution is 0.102. The Morgan fingerprint density at radius 2 is 1.74 bits per heavy atom. The molecule has 23 heavy (non-hydrogen) atoms. The molecule has 0 aliphatic carbocycles. The number of carbonyl (C=O) groups is 1. The van der Waals surface area contributed by atoms with Crippen LogP contribution >= 0.6 is 22.6 Å². The van der Waals surface area contributed by atoms with Gasteiger partial charge in [0, 0.05) is 15.2 Å². The van der Waals surface area contributed by atoms with E-state index < -0.39 is 0 Å². The molecule has 5 nitrogen and oxygen atoms in total. The summed E-state index contributed by atoms with van der Waals surface area (Å²) in [6, 6.07) is 8.86. The minimum absolute atomic E-state index is 0.249. The molecule has 0 atom stereocenters. The SMILES string of the molecule is CCOc1cc(OCC)cc(C(=O)Nc2ccc(I)c(C)n2)c1. The van der Waals surface area contributed by atoms with Crippen LogP contribution in [-0.4, -0.2) is 24.1 Å². The number of pyridine rings is 1. The highest BCUT2D eigenvalue weighted by atomic mass is 127. The molecule has 1 aromatic heterocycles. The Morgan fingerprint density at radius 1 is 1.13 bits per heavy atom. The molecule has 0 fully saturated rings. The number of ether oxygens (including phenoxy) is 2. The molecule has 122 valence electrons. The first-order valence-electron chi connectivity index (χ1n) is 7.38. The highest BCUT2D eigenvalue weighted by molar-refractivity contribution is 14.1. The zero-order valence-corrected chi connectivity index (χ0v) is 15.5. The van der Waals surface area contributed by atoms with Gasteiger partial charge in [0.25, 0.3) is 5.91 Å². The number of benzene rings is 1. The van der Waals surface area contributed by atoms with E-state index in [1.807, 2.05) is 26.8 Å². The first-order valence-corrected chi connectivity index (χ1v) is 8.46. The van der Waals surface area contributed by atoms with Gasteiger partial charge in [-0.25, -0.2) is 4.98 Å². The first kappa shape index (κ1) is 17.5. The molecule has 0 saturated carbocycles. The van der Waals surface area contributed by atoms with Gasteiger partial charge in [0.05, 0.1) is 18.9 Å². The van der Waals surface area contributed by atoms with Crippen molar-refractivity contribution in [3.05, 3.63) is 45.2 Å². The van der Waals surface area contributed by atoms with Gasteiger partial charge < -0.3 is 14.8 Å². The van der Waals surface area contributed by atoms with Crippen LogP contribution in [0.1, 0.15) is 29.9 Å². The van der Waals surface area contributed by atoms with Crippen molar-refractivity contribution in [2.24, 2.45) is 0 Å². The number of aryl methyl sites for hydroxylation is 1. The van der Waals surface area contributed by atoms with Gasteiger partial charge in [-0.1, -0.05) is 0 Å². The van der Waals surface area contributed by atoms with E-state index >= 15 is 0 Å². The molecule has 0 saturated heterocycles. The van der Waals surface area contributed by atoms with Gasteiger partial charge in [0.15, 0.2) is 0 Å². The van der Waals surface area contributed by atoms with Crippen LogP contribution in [0.15, 0.2) is 30.3 Å². The van der Waals surface area contributed by atoms with Crippen molar-refractivity contribution < 1.29 is 14.3 Å². The third-order valence-electron chi connectivity index (χ3n) is 3.03. The number of halogens is 1. The Bertz CT molecular complexity index is 680. The molecule has 1 N–H and O–H groups in total. The van der Waals surface area contributed by atoms with E-state index in [4.69, 9.17) is 9.47 Å². The van der Waals surface area contributed by atoms with Crippen LogP contribution in [0, 0.1) is 10.5 Å². The molecule has 2 aromatic rings. The van der Waals surface area contributed by atoms with E-state index in [1.165, 1.54) is 0 Å². The molecule has 6 heteroatoms. The molecular weight excluding hydrogens is 407 g/mol. The monoisotopic (exact) mass is 426 g/mol. The van der Waals surface area contributed by atoms with Crippen LogP contribution in [0.4, 0.5) is 5.82 Å². The lowest BCUT2D eigenvalue weighted by Crippen LogP contribution is -2.14. The van der Waals surface area contributed by atoms with Crippen LogP contribution in [-0.2, 0) is 0 Å². The summed E-state index contributed by atoms with van der Waals surface area (Å²) < 4.78 is 12.0. The van der Waals surface area contributed by atoms with Crippen molar-refractivity contribution in [2.45, 2.75) is 20.8 Å². The number of nitrogens with one attached hydrogen (secondary N) is 1. The average Bonchev–Trinajstić information content (AvgIpc) is 2.51. The van der Waals surface area contributed by atoms with Gasteiger partial charge >= 0.3 is 0 Å². The maximum Gasteiger partial charge on any atom is 0.257 e. The van der Waals surface area contributed by atoms with E-state index in [-0.39, 0.29) is 5.91 Å². The van der Waals surface area contributed by atoms with Gasteiger partial charge in [0.2, 0.25) is 0 Å². The number of nitrogens with zero attached hydrogens (tertiary/aromatic N) is 1.